The number of carbonyl (C=O) groups is 6. The number of benzene rings is 1. The number of amides is 7. The number of aromatic nitrogens is 7. The molecule has 0 aliphatic carbocycles. The Morgan fingerprint density at radius 1 is 0.708 bits per heavy atom. The lowest BCUT2D eigenvalue weighted by Crippen LogP contribution is -2.43. The van der Waals surface area contributed by atoms with Crippen molar-refractivity contribution in [1.29, 1.82) is 0 Å². The number of pyridine rings is 1. The van der Waals surface area contributed by atoms with Gasteiger partial charge in [0.25, 0.3) is 23.6 Å². The average molecular weight is 1080 g/mol. The molecule has 9 heterocycles. The Labute approximate surface area is 431 Å². The van der Waals surface area contributed by atoms with Gasteiger partial charge in [-0.05, 0) is 24.6 Å². The number of nitrogens with two attached hydrogens (primary N) is 2. The van der Waals surface area contributed by atoms with Gasteiger partial charge in [-0.2, -0.15) is 0 Å². The van der Waals surface area contributed by atoms with Crippen molar-refractivity contribution in [2.75, 3.05) is 6.54 Å². The van der Waals surface area contributed by atoms with Crippen LogP contribution in [0.3, 0.4) is 0 Å². The number of aliphatic hydroxyl groups excluding tert-OH is 2. The Bertz CT molecular complexity index is 3440. The highest BCUT2D eigenvalue weighted by molar-refractivity contribution is 7.15. The Balaban J connectivity index is 1.06. The predicted octanol–water partition coefficient (Wildman–Crippen LogP) is 5.66. The van der Waals surface area contributed by atoms with Gasteiger partial charge >= 0.3 is 6.03 Å². The minimum absolute atomic E-state index is 0.00748. The molecule has 8 aromatic rings. The van der Waals surface area contributed by atoms with E-state index >= 15 is 0 Å². The van der Waals surface area contributed by atoms with Gasteiger partial charge < -0.3 is 37.2 Å². The van der Waals surface area contributed by atoms with E-state index in [1.807, 2.05) is 0 Å². The second-order valence-electron chi connectivity index (χ2n) is 16.5. The van der Waals surface area contributed by atoms with Crippen LogP contribution in [-0.4, -0.2) is 98.2 Å². The van der Waals surface area contributed by atoms with E-state index in [0.29, 0.717) is 58.8 Å². The van der Waals surface area contributed by atoms with E-state index in [4.69, 9.17) is 26.4 Å². The number of thiazole rings is 6. The molecule has 10 rings (SSSR count). The average Bonchev–Trinajstić information content (AvgIpc) is 4.23. The molecule has 2 aliphatic rings. The zero-order chi connectivity index (χ0) is 50.5. The number of nitrogens with one attached hydrogen (secondary N) is 3. The zero-order valence-electron chi connectivity index (χ0n) is 37.3. The van der Waals surface area contributed by atoms with E-state index in [1.54, 1.807) is 67.1 Å². The van der Waals surface area contributed by atoms with Crippen LogP contribution in [-0.2, 0) is 4.79 Å². The van der Waals surface area contributed by atoms with Gasteiger partial charge in [0.05, 0.1) is 30.3 Å². The minimum atomic E-state index is -1.38. The maximum atomic E-state index is 14.2. The van der Waals surface area contributed by atoms with Crippen LogP contribution in [0.4, 0.5) is 4.79 Å². The third-order valence-corrected chi connectivity index (χ3v) is 17.2. The van der Waals surface area contributed by atoms with Crippen LogP contribution in [0.5, 0.6) is 0 Å². The number of hydrogen-bond acceptors (Lipinski definition) is 21. The first-order valence-corrected chi connectivity index (χ1v) is 26.8. The molecule has 0 unspecified atom stereocenters. The Hall–Kier alpha value is -7.11. The van der Waals surface area contributed by atoms with Crippen LogP contribution >= 0.6 is 68.0 Å². The minimum Gasteiger partial charge on any atom is -0.391 e. The molecular formula is C45H37N13O8S6. The quantitative estimate of drug-likeness (QED) is 0.106. The number of aliphatic hydroxyl groups is 2. The fourth-order valence-electron chi connectivity index (χ4n) is 8.02. The maximum absolute atomic E-state index is 14.2. The van der Waals surface area contributed by atoms with Gasteiger partial charge in [0.15, 0.2) is 0 Å². The molecule has 0 saturated carbocycles. The molecular weight excluding hydrogens is 1040 g/mol. The van der Waals surface area contributed by atoms with E-state index in [-0.39, 0.29) is 45.8 Å². The first-order valence-electron chi connectivity index (χ1n) is 21.6. The Morgan fingerprint density at radius 2 is 1.38 bits per heavy atom. The standard InChI is InChI=1S/C45H37N13O8S6/c1-17-28(59)11-58-33(17)44-54-27(16-71-44)41-50-23(12-68-41)31-20(8-9-21(48-31)40-51-24(13-69-40)35(47)62)39-52-25(14-67-39)36(63)49-22(10-29(46)60)42-56-30(18(2)72-42)38(65)55-32(34(61)19-6-4-3-5-7-19)43-53-26(15-70-43)37(64)57-45(58)66/h3-9,12-17,22,28,32-34,59,61H,10-11H2,1-2H3,(H2,46,60)(H2,47,62)(H,49,63)(H,55,65)(H,57,64,66)/t17-,22-,28-,32-,33-,34+/m0/s1. The number of carbonyl (C=O) groups excluding carboxylic acids is 6. The molecule has 7 amide bonds. The number of hydrogen-bond donors (Lipinski definition) is 7. The van der Waals surface area contributed by atoms with E-state index in [9.17, 15) is 39.0 Å². The maximum Gasteiger partial charge on any atom is 0.325 e. The summed E-state index contributed by atoms with van der Waals surface area (Å²) in [6, 6.07) is 8.06. The lowest BCUT2D eigenvalue weighted by atomic mass is 10.0. The summed E-state index contributed by atoms with van der Waals surface area (Å²) in [6.07, 6.45) is -2.71. The van der Waals surface area contributed by atoms with Gasteiger partial charge in [0.1, 0.15) is 82.0 Å². The van der Waals surface area contributed by atoms with Gasteiger partial charge in [-0.3, -0.25) is 29.3 Å². The highest BCUT2D eigenvalue weighted by atomic mass is 32.1. The monoisotopic (exact) mass is 1080 g/mol. The largest absolute Gasteiger partial charge is 0.391 e. The molecule has 1 saturated heterocycles. The number of aryl methyl sites for hydroxylation is 1. The number of primary amides is 2. The zero-order valence-corrected chi connectivity index (χ0v) is 42.2. The van der Waals surface area contributed by atoms with E-state index < -0.39 is 71.8 Å². The van der Waals surface area contributed by atoms with Gasteiger partial charge in [0.2, 0.25) is 5.91 Å². The second kappa shape index (κ2) is 19.8. The third-order valence-electron chi connectivity index (χ3n) is 11.7. The van der Waals surface area contributed by atoms with Gasteiger partial charge in [-0.1, -0.05) is 37.3 Å². The molecule has 0 radical (unpaired) electrons. The normalized spacial score (nSPS) is 19.8. The van der Waals surface area contributed by atoms with Crippen LogP contribution < -0.4 is 27.4 Å². The summed E-state index contributed by atoms with van der Waals surface area (Å²) < 4.78 is 0. The van der Waals surface area contributed by atoms with E-state index in [2.05, 4.69) is 35.9 Å². The predicted molar refractivity (Wildman–Crippen MR) is 269 cm³/mol. The summed E-state index contributed by atoms with van der Waals surface area (Å²) in [4.78, 5) is 115. The number of imide groups is 1. The molecule has 2 aliphatic heterocycles. The Morgan fingerprint density at radius 3 is 2.14 bits per heavy atom. The molecule has 7 aromatic heterocycles. The first kappa shape index (κ1) is 48.5. The van der Waals surface area contributed by atoms with Crippen molar-refractivity contribution in [3.8, 4) is 43.4 Å². The van der Waals surface area contributed by atoms with Crippen molar-refractivity contribution < 1.29 is 39.0 Å². The van der Waals surface area contributed by atoms with Crippen LogP contribution in [0.2, 0.25) is 0 Å². The molecule has 1 fully saturated rings. The van der Waals surface area contributed by atoms with Crippen LogP contribution in [0.1, 0.15) is 105 Å². The number of rotatable bonds is 6. The van der Waals surface area contributed by atoms with Crippen molar-refractivity contribution >= 4 is 104 Å². The van der Waals surface area contributed by atoms with Crippen LogP contribution in [0.15, 0.2) is 69.4 Å². The fourth-order valence-corrected chi connectivity index (χ4v) is 13.3. The summed E-state index contributed by atoms with van der Waals surface area (Å²) in [6.45, 7) is 3.31. The highest BCUT2D eigenvalue weighted by Gasteiger charge is 2.44. The number of fused-ring (bicyclic) bond motifs is 16. The fraction of sp³-hybridized carbons (Fsp3) is 0.222. The molecule has 0 spiro atoms. The smallest absolute Gasteiger partial charge is 0.325 e. The van der Waals surface area contributed by atoms with Gasteiger partial charge in [-0.25, -0.2) is 39.7 Å². The third kappa shape index (κ3) is 9.54. The Kier molecular flexibility index (Phi) is 13.4. The summed E-state index contributed by atoms with van der Waals surface area (Å²) >= 11 is 6.87. The lowest BCUT2D eigenvalue weighted by molar-refractivity contribution is -0.118. The van der Waals surface area contributed by atoms with Crippen molar-refractivity contribution in [3.63, 3.8) is 0 Å². The van der Waals surface area contributed by atoms with Gasteiger partial charge in [-0.15, -0.1) is 68.0 Å². The molecule has 72 heavy (non-hydrogen) atoms. The molecule has 1 aromatic carbocycles. The summed E-state index contributed by atoms with van der Waals surface area (Å²) in [7, 11) is 0. The summed E-state index contributed by atoms with van der Waals surface area (Å²) in [5.41, 5.74) is 13.6. The van der Waals surface area contributed by atoms with Crippen molar-refractivity contribution in [2.24, 2.45) is 17.4 Å². The molecule has 27 heteroatoms. The van der Waals surface area contributed by atoms with Crippen molar-refractivity contribution in [1.82, 2.24) is 55.7 Å². The number of nitrogens with zero attached hydrogens (tertiary/aromatic N) is 8. The molecule has 21 nitrogen and oxygen atoms in total. The van der Waals surface area contributed by atoms with Crippen LogP contribution in [0.25, 0.3) is 43.4 Å². The lowest BCUT2D eigenvalue weighted by Gasteiger charge is -2.24. The first-order chi connectivity index (χ1) is 34.6. The molecule has 6 atom stereocenters. The van der Waals surface area contributed by atoms with E-state index in [1.165, 1.54) is 55.1 Å². The van der Waals surface area contributed by atoms with E-state index in [0.717, 1.165) is 34.0 Å². The summed E-state index contributed by atoms with van der Waals surface area (Å²) in [5, 5.41) is 41.0. The highest BCUT2D eigenvalue weighted by Crippen LogP contribution is 2.42. The topological polar surface area (TPSA) is 324 Å². The molecule has 10 bridgehead atoms. The number of urea groups is 1. The van der Waals surface area contributed by atoms with Crippen molar-refractivity contribution in [3.05, 3.63) is 118 Å². The van der Waals surface area contributed by atoms with Crippen molar-refractivity contribution in [2.45, 2.75) is 50.6 Å². The molecule has 9 N–H and O–H groups in total. The molecule has 366 valence electrons. The van der Waals surface area contributed by atoms with Gasteiger partial charge in [0, 0.05) is 49.8 Å². The van der Waals surface area contributed by atoms with Crippen LogP contribution in [0, 0.1) is 12.8 Å². The summed E-state index contributed by atoms with van der Waals surface area (Å²) in [5.74, 6) is -4.22. The SMILES string of the molecule is Cc1sc2nc1C(=O)N[C@@H]([C@H](O)c1ccccc1)c1nc(cs1)C(=O)NC(=O)N1C[C@H](O)[C@H](C)[C@H]1c1nc(cs1)-c1nc(cs1)-c1nc(-c3nc(C(N)=O)cs3)ccc1-c1nc(cs1)C(=O)N[C@H]2CC(N)=O. The second-order valence-corrected chi connectivity index (χ2v) is 22.0.